The van der Waals surface area contributed by atoms with Crippen LogP contribution in [0.4, 0.5) is 5.82 Å². The molecule has 2 aromatic rings. The summed E-state index contributed by atoms with van der Waals surface area (Å²) < 4.78 is 1.09. The number of nitrogens with zero attached hydrogens (tertiary/aromatic N) is 2. The summed E-state index contributed by atoms with van der Waals surface area (Å²) in [6.07, 6.45) is 4.08. The van der Waals surface area contributed by atoms with Crippen LogP contribution in [0, 0.1) is 3.57 Å². The van der Waals surface area contributed by atoms with Crippen LogP contribution in [0.15, 0.2) is 30.5 Å². The zero-order valence-electron chi connectivity index (χ0n) is 10.9. The second kappa shape index (κ2) is 5.45. The van der Waals surface area contributed by atoms with Gasteiger partial charge in [-0.25, -0.2) is 9.97 Å². The summed E-state index contributed by atoms with van der Waals surface area (Å²) in [5.41, 5.74) is 2.81. The Balaban J connectivity index is 1.87. The van der Waals surface area contributed by atoms with E-state index in [-0.39, 0.29) is 0 Å². The maximum absolute atomic E-state index is 4.70. The molecule has 0 bridgehead atoms. The van der Waals surface area contributed by atoms with Crippen molar-refractivity contribution in [2.24, 2.45) is 0 Å². The van der Waals surface area contributed by atoms with Crippen LogP contribution in [-0.2, 0) is 6.42 Å². The number of hydrogen-bond acceptors (Lipinski definition) is 3. The Morgan fingerprint density at radius 1 is 1.37 bits per heavy atom. The second-order valence-corrected chi connectivity index (χ2v) is 5.97. The molecule has 98 valence electrons. The van der Waals surface area contributed by atoms with Crippen molar-refractivity contribution in [3.8, 4) is 0 Å². The van der Waals surface area contributed by atoms with Gasteiger partial charge in [0, 0.05) is 18.7 Å². The number of rotatable bonds is 4. The number of benzene rings is 1. The Morgan fingerprint density at radius 3 is 3.00 bits per heavy atom. The molecule has 1 aliphatic rings. The van der Waals surface area contributed by atoms with Crippen molar-refractivity contribution in [3.63, 3.8) is 0 Å². The molecular weight excluding hydrogens is 349 g/mol. The fraction of sp³-hybridized carbons (Fsp3) is 0.333. The number of halogens is 1. The van der Waals surface area contributed by atoms with Crippen LogP contribution in [0.25, 0.3) is 0 Å². The fourth-order valence-corrected chi connectivity index (χ4v) is 2.86. The number of fused-ring (bicyclic) bond motifs is 1. The van der Waals surface area contributed by atoms with E-state index < -0.39 is 0 Å². The average molecular weight is 365 g/mol. The highest BCUT2D eigenvalue weighted by atomic mass is 127. The van der Waals surface area contributed by atoms with Crippen molar-refractivity contribution in [1.29, 1.82) is 0 Å². The molecule has 0 fully saturated rings. The molecule has 1 heterocycles. The van der Waals surface area contributed by atoms with Gasteiger partial charge < -0.3 is 5.32 Å². The van der Waals surface area contributed by atoms with Gasteiger partial charge in [0.25, 0.3) is 0 Å². The lowest BCUT2D eigenvalue weighted by Gasteiger charge is -2.29. The molecule has 1 aromatic heterocycles. The Bertz CT molecular complexity index is 598. The molecular formula is C15H16IN3. The summed E-state index contributed by atoms with van der Waals surface area (Å²) in [6.45, 7) is 3.11. The van der Waals surface area contributed by atoms with Crippen molar-refractivity contribution < 1.29 is 0 Å². The molecule has 1 aliphatic carbocycles. The Hall–Kier alpha value is -1.17. The van der Waals surface area contributed by atoms with E-state index in [0.29, 0.717) is 5.92 Å². The van der Waals surface area contributed by atoms with Crippen LogP contribution in [0.1, 0.15) is 36.2 Å². The highest BCUT2D eigenvalue weighted by molar-refractivity contribution is 14.1. The third-order valence-electron chi connectivity index (χ3n) is 3.47. The molecule has 0 saturated heterocycles. The zero-order chi connectivity index (χ0) is 13.2. The molecule has 3 nitrogen and oxygen atoms in total. The van der Waals surface area contributed by atoms with Crippen molar-refractivity contribution in [2.45, 2.75) is 25.7 Å². The van der Waals surface area contributed by atoms with Gasteiger partial charge in [0.2, 0.25) is 0 Å². The molecule has 1 unspecified atom stereocenters. The van der Waals surface area contributed by atoms with Gasteiger partial charge in [-0.3, -0.25) is 0 Å². The topological polar surface area (TPSA) is 37.8 Å². The first kappa shape index (κ1) is 12.8. The van der Waals surface area contributed by atoms with Crippen LogP contribution in [0.5, 0.6) is 0 Å². The van der Waals surface area contributed by atoms with Crippen molar-refractivity contribution >= 4 is 28.4 Å². The third kappa shape index (κ3) is 2.45. The van der Waals surface area contributed by atoms with Gasteiger partial charge in [0.15, 0.2) is 0 Å². The predicted octanol–water partition coefficient (Wildman–Crippen LogP) is 3.59. The monoisotopic (exact) mass is 365 g/mol. The molecule has 1 N–H and O–H groups in total. The average Bonchev–Trinajstić information content (AvgIpc) is 2.40. The van der Waals surface area contributed by atoms with Gasteiger partial charge in [-0.15, -0.1) is 0 Å². The minimum absolute atomic E-state index is 0.371. The van der Waals surface area contributed by atoms with Crippen LogP contribution in [0.3, 0.4) is 0 Å². The van der Waals surface area contributed by atoms with E-state index in [4.69, 9.17) is 4.98 Å². The van der Waals surface area contributed by atoms with E-state index in [1.807, 2.05) is 6.20 Å². The summed E-state index contributed by atoms with van der Waals surface area (Å²) in [5, 5.41) is 3.37. The summed E-state index contributed by atoms with van der Waals surface area (Å²) in [6, 6.07) is 8.56. The Labute approximate surface area is 127 Å². The van der Waals surface area contributed by atoms with Gasteiger partial charge in [0.1, 0.15) is 11.6 Å². The molecule has 1 atom stereocenters. The number of hydrogen-bond donors (Lipinski definition) is 1. The highest BCUT2D eigenvalue weighted by Gasteiger charge is 2.29. The lowest BCUT2D eigenvalue weighted by molar-refractivity contribution is 0.659. The van der Waals surface area contributed by atoms with Gasteiger partial charge in [-0.05, 0) is 46.6 Å². The minimum Gasteiger partial charge on any atom is -0.369 e. The van der Waals surface area contributed by atoms with Crippen molar-refractivity contribution in [2.75, 3.05) is 11.9 Å². The summed E-state index contributed by atoms with van der Waals surface area (Å²) >= 11 is 2.28. The molecule has 19 heavy (non-hydrogen) atoms. The van der Waals surface area contributed by atoms with Crippen LogP contribution < -0.4 is 5.32 Å². The summed E-state index contributed by atoms with van der Waals surface area (Å²) in [4.78, 5) is 9.21. The van der Waals surface area contributed by atoms with Gasteiger partial charge in [-0.2, -0.15) is 0 Å². The molecule has 1 aromatic carbocycles. The van der Waals surface area contributed by atoms with Crippen molar-refractivity contribution in [1.82, 2.24) is 9.97 Å². The SMILES string of the molecule is CCCNc1nc(C2Cc3ccccc32)ncc1I. The summed E-state index contributed by atoms with van der Waals surface area (Å²) in [7, 11) is 0. The maximum Gasteiger partial charge on any atom is 0.143 e. The Morgan fingerprint density at radius 2 is 2.21 bits per heavy atom. The van der Waals surface area contributed by atoms with Gasteiger partial charge in [0.05, 0.1) is 3.57 Å². The third-order valence-corrected chi connectivity index (χ3v) is 4.26. The number of nitrogens with one attached hydrogen (secondary N) is 1. The van der Waals surface area contributed by atoms with E-state index in [2.05, 4.69) is 64.1 Å². The molecule has 0 spiro atoms. The maximum atomic E-state index is 4.70. The minimum atomic E-state index is 0.371. The molecule has 0 saturated carbocycles. The molecule has 0 radical (unpaired) electrons. The lowest BCUT2D eigenvalue weighted by Crippen LogP contribution is -2.21. The van der Waals surface area contributed by atoms with E-state index in [1.54, 1.807) is 0 Å². The first-order valence-electron chi connectivity index (χ1n) is 6.63. The van der Waals surface area contributed by atoms with E-state index in [0.717, 1.165) is 34.6 Å². The molecule has 0 amide bonds. The first-order valence-corrected chi connectivity index (χ1v) is 7.71. The predicted molar refractivity (Wildman–Crippen MR) is 85.5 cm³/mol. The molecule has 4 heteroatoms. The number of anilines is 1. The number of aromatic nitrogens is 2. The van der Waals surface area contributed by atoms with Gasteiger partial charge >= 0.3 is 0 Å². The standard InChI is InChI=1S/C15H16IN3/c1-2-7-17-15-13(16)9-18-14(19-15)12-8-10-5-3-4-6-11(10)12/h3-6,9,12H,2,7-8H2,1H3,(H,17,18,19). The van der Waals surface area contributed by atoms with Gasteiger partial charge in [-0.1, -0.05) is 31.2 Å². The van der Waals surface area contributed by atoms with Crippen LogP contribution in [0.2, 0.25) is 0 Å². The van der Waals surface area contributed by atoms with Crippen LogP contribution >= 0.6 is 22.6 Å². The quantitative estimate of drug-likeness (QED) is 0.842. The highest BCUT2D eigenvalue weighted by Crippen LogP contribution is 2.38. The summed E-state index contributed by atoms with van der Waals surface area (Å²) in [5.74, 6) is 2.28. The Kier molecular flexibility index (Phi) is 3.68. The largest absolute Gasteiger partial charge is 0.369 e. The van der Waals surface area contributed by atoms with Crippen LogP contribution in [-0.4, -0.2) is 16.5 Å². The second-order valence-electron chi connectivity index (χ2n) is 4.81. The van der Waals surface area contributed by atoms with E-state index in [9.17, 15) is 0 Å². The smallest absolute Gasteiger partial charge is 0.143 e. The first-order chi connectivity index (χ1) is 9.29. The molecule has 0 aliphatic heterocycles. The van der Waals surface area contributed by atoms with E-state index >= 15 is 0 Å². The zero-order valence-corrected chi connectivity index (χ0v) is 13.0. The normalized spacial score (nSPS) is 16.6. The fourth-order valence-electron chi connectivity index (χ4n) is 2.41. The van der Waals surface area contributed by atoms with Crippen molar-refractivity contribution in [3.05, 3.63) is 51.0 Å². The lowest BCUT2D eigenvalue weighted by atomic mass is 9.77. The molecule has 3 rings (SSSR count). The van der Waals surface area contributed by atoms with E-state index in [1.165, 1.54) is 11.1 Å².